The van der Waals surface area contributed by atoms with Crippen LogP contribution in [0.1, 0.15) is 55.7 Å². The molecule has 0 aliphatic heterocycles. The largest absolute Gasteiger partial charge is 0.308 e. The van der Waals surface area contributed by atoms with Crippen LogP contribution in [0.5, 0.6) is 0 Å². The van der Waals surface area contributed by atoms with E-state index in [2.05, 4.69) is 51.0 Å². The van der Waals surface area contributed by atoms with Gasteiger partial charge in [0.1, 0.15) is 0 Å². The average molecular weight is 251 g/mol. The van der Waals surface area contributed by atoms with Crippen molar-refractivity contribution in [3.8, 4) is 6.07 Å². The van der Waals surface area contributed by atoms with E-state index in [1.807, 2.05) is 0 Å². The van der Waals surface area contributed by atoms with Crippen LogP contribution in [0.4, 0.5) is 0 Å². The van der Waals surface area contributed by atoms with Crippen LogP contribution in [0.15, 0.2) is 0 Å². The van der Waals surface area contributed by atoms with Gasteiger partial charge in [0.15, 0.2) is 0 Å². The summed E-state index contributed by atoms with van der Waals surface area (Å²) in [5.41, 5.74) is 1.22. The third-order valence-corrected chi connectivity index (χ3v) is 4.32. The Morgan fingerprint density at radius 3 is 2.59 bits per heavy atom. The molecule has 0 saturated carbocycles. The van der Waals surface area contributed by atoms with Crippen LogP contribution < -0.4 is 5.32 Å². The van der Waals surface area contributed by atoms with Gasteiger partial charge in [0, 0.05) is 29.3 Å². The molecular weight excluding hydrogens is 230 g/mol. The molecule has 1 atom stereocenters. The van der Waals surface area contributed by atoms with Crippen molar-refractivity contribution in [3.05, 3.63) is 15.6 Å². The molecule has 1 rings (SSSR count). The SMILES string of the molecule is Cc1nc(C(C)(C)C)sc1C(C)NCCC#N. The molecule has 0 amide bonds. The van der Waals surface area contributed by atoms with Gasteiger partial charge < -0.3 is 5.32 Å². The van der Waals surface area contributed by atoms with Crippen molar-refractivity contribution in [2.45, 2.75) is 52.5 Å². The average Bonchev–Trinajstić information content (AvgIpc) is 2.60. The first-order valence-electron chi connectivity index (χ1n) is 5.94. The molecule has 3 nitrogen and oxygen atoms in total. The molecule has 1 aromatic heterocycles. The van der Waals surface area contributed by atoms with Gasteiger partial charge in [0.25, 0.3) is 0 Å². The Hall–Kier alpha value is -0.920. The Morgan fingerprint density at radius 2 is 2.12 bits per heavy atom. The quantitative estimate of drug-likeness (QED) is 0.835. The Bertz CT molecular complexity index is 409. The van der Waals surface area contributed by atoms with Crippen LogP contribution in [-0.2, 0) is 5.41 Å². The minimum Gasteiger partial charge on any atom is -0.308 e. The highest BCUT2D eigenvalue weighted by Crippen LogP contribution is 2.32. The second kappa shape index (κ2) is 5.61. The summed E-state index contributed by atoms with van der Waals surface area (Å²) in [5, 5.41) is 13.0. The van der Waals surface area contributed by atoms with Gasteiger partial charge in [-0.1, -0.05) is 20.8 Å². The Labute approximate surface area is 108 Å². The molecule has 0 spiro atoms. The van der Waals surface area contributed by atoms with Crippen molar-refractivity contribution in [1.29, 1.82) is 5.26 Å². The summed E-state index contributed by atoms with van der Waals surface area (Å²) in [6, 6.07) is 2.42. The topological polar surface area (TPSA) is 48.7 Å². The molecule has 1 unspecified atom stereocenters. The molecule has 0 aliphatic carbocycles. The summed E-state index contributed by atoms with van der Waals surface area (Å²) >= 11 is 1.78. The zero-order chi connectivity index (χ0) is 13.1. The minimum atomic E-state index is 0.111. The molecule has 1 N–H and O–H groups in total. The van der Waals surface area contributed by atoms with Crippen LogP contribution in [0, 0.1) is 18.3 Å². The highest BCUT2D eigenvalue weighted by molar-refractivity contribution is 7.12. The summed E-state index contributed by atoms with van der Waals surface area (Å²) in [6.45, 7) is 11.5. The first-order valence-corrected chi connectivity index (χ1v) is 6.76. The third kappa shape index (κ3) is 3.79. The number of aryl methyl sites for hydroxylation is 1. The maximum absolute atomic E-state index is 8.52. The Balaban J connectivity index is 2.78. The zero-order valence-corrected chi connectivity index (χ0v) is 12.1. The fraction of sp³-hybridized carbons (Fsp3) is 0.692. The van der Waals surface area contributed by atoms with Crippen LogP contribution in [-0.4, -0.2) is 11.5 Å². The molecule has 0 fully saturated rings. The second-order valence-corrected chi connectivity index (χ2v) is 6.33. The van der Waals surface area contributed by atoms with Crippen molar-refractivity contribution in [2.24, 2.45) is 0 Å². The Kier molecular flexibility index (Phi) is 4.67. The van der Waals surface area contributed by atoms with Gasteiger partial charge in [0.05, 0.1) is 16.8 Å². The molecule has 0 aliphatic rings. The van der Waals surface area contributed by atoms with E-state index in [0.717, 1.165) is 12.2 Å². The molecule has 1 aromatic rings. The number of aromatic nitrogens is 1. The highest BCUT2D eigenvalue weighted by atomic mass is 32.1. The number of rotatable bonds is 4. The fourth-order valence-corrected chi connectivity index (χ4v) is 2.72. The summed E-state index contributed by atoms with van der Waals surface area (Å²) in [5.74, 6) is 0. The van der Waals surface area contributed by atoms with Crippen LogP contribution in [0.2, 0.25) is 0 Å². The van der Waals surface area contributed by atoms with Gasteiger partial charge in [-0.15, -0.1) is 11.3 Å². The van der Waals surface area contributed by atoms with Crippen molar-refractivity contribution in [3.63, 3.8) is 0 Å². The van der Waals surface area contributed by atoms with E-state index in [1.54, 1.807) is 11.3 Å². The van der Waals surface area contributed by atoms with E-state index in [0.29, 0.717) is 6.42 Å². The van der Waals surface area contributed by atoms with E-state index in [-0.39, 0.29) is 11.5 Å². The number of hydrogen-bond acceptors (Lipinski definition) is 4. The second-order valence-electron chi connectivity index (χ2n) is 5.30. The minimum absolute atomic E-state index is 0.111. The normalized spacial score (nSPS) is 13.4. The van der Waals surface area contributed by atoms with E-state index in [4.69, 9.17) is 5.26 Å². The maximum Gasteiger partial charge on any atom is 0.0985 e. The molecule has 0 aromatic carbocycles. The van der Waals surface area contributed by atoms with Gasteiger partial charge in [-0.3, -0.25) is 0 Å². The lowest BCUT2D eigenvalue weighted by atomic mass is 9.98. The number of nitriles is 1. The lowest BCUT2D eigenvalue weighted by Crippen LogP contribution is -2.19. The van der Waals surface area contributed by atoms with E-state index in [1.165, 1.54) is 9.88 Å². The first kappa shape index (κ1) is 14.1. The lowest BCUT2D eigenvalue weighted by molar-refractivity contribution is 0.581. The predicted octanol–water partition coefficient (Wildman–Crippen LogP) is 3.31. The molecule has 1 heterocycles. The molecular formula is C13H21N3S. The standard InChI is InChI=1S/C13H21N3S/c1-9(15-8-6-7-14)11-10(2)16-12(17-11)13(3,4)5/h9,15H,6,8H2,1-5H3. The van der Waals surface area contributed by atoms with Gasteiger partial charge in [-0.05, 0) is 13.8 Å². The zero-order valence-electron chi connectivity index (χ0n) is 11.3. The van der Waals surface area contributed by atoms with Crippen LogP contribution in [0.3, 0.4) is 0 Å². The summed E-state index contributed by atoms with van der Waals surface area (Å²) in [7, 11) is 0. The summed E-state index contributed by atoms with van der Waals surface area (Å²) in [4.78, 5) is 5.93. The predicted molar refractivity (Wildman–Crippen MR) is 72.2 cm³/mol. The van der Waals surface area contributed by atoms with Crippen LogP contribution >= 0.6 is 11.3 Å². The molecule has 0 bridgehead atoms. The van der Waals surface area contributed by atoms with Crippen molar-refractivity contribution in [2.75, 3.05) is 6.54 Å². The van der Waals surface area contributed by atoms with Gasteiger partial charge in [-0.2, -0.15) is 5.26 Å². The molecule has 94 valence electrons. The van der Waals surface area contributed by atoms with Crippen LogP contribution in [0.25, 0.3) is 0 Å². The highest BCUT2D eigenvalue weighted by Gasteiger charge is 2.22. The van der Waals surface area contributed by atoms with E-state index < -0.39 is 0 Å². The number of hydrogen-bond donors (Lipinski definition) is 1. The smallest absolute Gasteiger partial charge is 0.0985 e. The Morgan fingerprint density at radius 1 is 1.47 bits per heavy atom. The molecule has 0 radical (unpaired) electrons. The fourth-order valence-electron chi connectivity index (χ4n) is 1.57. The van der Waals surface area contributed by atoms with Crippen molar-refractivity contribution >= 4 is 11.3 Å². The molecule has 17 heavy (non-hydrogen) atoms. The maximum atomic E-state index is 8.52. The van der Waals surface area contributed by atoms with Crippen molar-refractivity contribution in [1.82, 2.24) is 10.3 Å². The van der Waals surface area contributed by atoms with Gasteiger partial charge >= 0.3 is 0 Å². The molecule has 4 heteroatoms. The monoisotopic (exact) mass is 251 g/mol. The van der Waals surface area contributed by atoms with Gasteiger partial charge in [0.2, 0.25) is 0 Å². The van der Waals surface area contributed by atoms with Gasteiger partial charge in [-0.25, -0.2) is 4.98 Å². The molecule has 0 saturated heterocycles. The summed E-state index contributed by atoms with van der Waals surface area (Å²) < 4.78 is 0. The number of thiazole rings is 1. The van der Waals surface area contributed by atoms with Crippen molar-refractivity contribution < 1.29 is 0 Å². The third-order valence-electron chi connectivity index (χ3n) is 2.55. The van der Waals surface area contributed by atoms with E-state index >= 15 is 0 Å². The van der Waals surface area contributed by atoms with E-state index in [9.17, 15) is 0 Å². The summed E-state index contributed by atoms with van der Waals surface area (Å²) in [6.07, 6.45) is 0.550. The first-order chi connectivity index (χ1) is 7.86. The number of nitrogens with one attached hydrogen (secondary N) is 1. The number of nitrogens with zero attached hydrogens (tertiary/aromatic N) is 2. The lowest BCUT2D eigenvalue weighted by Gasteiger charge is -2.14.